The number of rotatable bonds is 3. The quantitative estimate of drug-likeness (QED) is 0.565. The van der Waals surface area contributed by atoms with Crippen LogP contribution in [-0.2, 0) is 7.05 Å². The molecule has 6 nitrogen and oxygen atoms in total. The first-order valence-corrected chi connectivity index (χ1v) is 7.03. The third-order valence-electron chi connectivity index (χ3n) is 2.99. The Morgan fingerprint density at radius 2 is 2.29 bits per heavy atom. The lowest BCUT2D eigenvalue weighted by Crippen LogP contribution is -2.18. The van der Waals surface area contributed by atoms with E-state index in [9.17, 15) is 4.79 Å². The van der Waals surface area contributed by atoms with Gasteiger partial charge in [-0.1, -0.05) is 18.2 Å². The lowest BCUT2D eigenvalue weighted by atomic mass is 10.2. The van der Waals surface area contributed by atoms with Crippen molar-refractivity contribution in [1.29, 1.82) is 0 Å². The van der Waals surface area contributed by atoms with Crippen molar-refractivity contribution in [2.75, 3.05) is 0 Å². The number of benzene rings is 1. The van der Waals surface area contributed by atoms with E-state index >= 15 is 0 Å². The van der Waals surface area contributed by atoms with Crippen molar-refractivity contribution in [3.63, 3.8) is 0 Å². The summed E-state index contributed by atoms with van der Waals surface area (Å²) in [6.45, 7) is 0. The Bertz CT molecular complexity index is 833. The smallest absolute Gasteiger partial charge is 0.293 e. The van der Waals surface area contributed by atoms with Crippen molar-refractivity contribution >= 4 is 39.0 Å². The molecule has 3 rings (SSSR count). The van der Waals surface area contributed by atoms with E-state index < -0.39 is 0 Å². The number of carbonyl (C=O) groups excluding carboxylic acids is 1. The topological polar surface area (TPSA) is 75.1 Å². The van der Waals surface area contributed by atoms with Crippen LogP contribution in [0.15, 0.2) is 46.2 Å². The first-order valence-electron chi connectivity index (χ1n) is 6.24. The minimum absolute atomic E-state index is 0.300. The number of carbonyl (C=O) groups is 1. The van der Waals surface area contributed by atoms with Gasteiger partial charge >= 0.3 is 0 Å². The minimum atomic E-state index is -0.362. The SMILES string of the molecule is Cn1cc(Br)c(C(=O)N/N=C/c2c[nH]c3ccccc23)n1. The Kier molecular flexibility index (Phi) is 3.57. The number of hydrazone groups is 1. The van der Waals surface area contributed by atoms with Crippen molar-refractivity contribution in [1.82, 2.24) is 20.2 Å². The highest BCUT2D eigenvalue weighted by Gasteiger charge is 2.13. The standard InChI is InChI=1S/C14H12BrN5O/c1-20-8-11(15)13(19-20)14(21)18-17-7-9-6-16-12-5-3-2-4-10(9)12/h2-8,16H,1H3,(H,18,21)/b17-7+. The zero-order valence-electron chi connectivity index (χ0n) is 11.2. The number of amides is 1. The summed E-state index contributed by atoms with van der Waals surface area (Å²) in [5.41, 5.74) is 4.70. The molecule has 0 radical (unpaired) electrons. The molecule has 0 aliphatic rings. The number of para-hydroxylation sites is 1. The highest BCUT2D eigenvalue weighted by Crippen LogP contribution is 2.16. The monoisotopic (exact) mass is 345 g/mol. The first kappa shape index (κ1) is 13.6. The number of halogens is 1. The highest BCUT2D eigenvalue weighted by atomic mass is 79.9. The summed E-state index contributed by atoms with van der Waals surface area (Å²) in [6, 6.07) is 7.89. The van der Waals surface area contributed by atoms with Crippen LogP contribution >= 0.6 is 15.9 Å². The van der Waals surface area contributed by atoms with Gasteiger partial charge in [-0.2, -0.15) is 10.2 Å². The van der Waals surface area contributed by atoms with Crippen LogP contribution < -0.4 is 5.43 Å². The minimum Gasteiger partial charge on any atom is -0.361 e. The van der Waals surface area contributed by atoms with E-state index in [2.05, 4.69) is 36.5 Å². The maximum absolute atomic E-state index is 11.9. The molecular weight excluding hydrogens is 334 g/mol. The van der Waals surface area contributed by atoms with Crippen LogP contribution in [0.2, 0.25) is 0 Å². The molecule has 0 fully saturated rings. The van der Waals surface area contributed by atoms with Crippen LogP contribution in [0, 0.1) is 0 Å². The molecule has 106 valence electrons. The molecule has 0 atom stereocenters. The summed E-state index contributed by atoms with van der Waals surface area (Å²) >= 11 is 3.28. The fraction of sp³-hybridized carbons (Fsp3) is 0.0714. The number of nitrogens with one attached hydrogen (secondary N) is 2. The van der Waals surface area contributed by atoms with Gasteiger partial charge in [-0.05, 0) is 22.0 Å². The fourth-order valence-corrected chi connectivity index (χ4v) is 2.58. The Hall–Kier alpha value is -2.41. The predicted molar refractivity (Wildman–Crippen MR) is 84.3 cm³/mol. The number of aromatic amines is 1. The summed E-state index contributed by atoms with van der Waals surface area (Å²) in [5.74, 6) is -0.362. The van der Waals surface area contributed by atoms with Crippen LogP contribution in [0.25, 0.3) is 10.9 Å². The summed E-state index contributed by atoms with van der Waals surface area (Å²) in [4.78, 5) is 15.1. The highest BCUT2D eigenvalue weighted by molar-refractivity contribution is 9.10. The molecule has 2 N–H and O–H groups in total. The van der Waals surface area contributed by atoms with Gasteiger partial charge in [0.1, 0.15) is 0 Å². The third kappa shape index (κ3) is 2.73. The van der Waals surface area contributed by atoms with Crippen LogP contribution in [0.1, 0.15) is 16.1 Å². The second-order valence-corrected chi connectivity index (χ2v) is 5.34. The summed E-state index contributed by atoms with van der Waals surface area (Å²) < 4.78 is 2.19. The van der Waals surface area contributed by atoms with E-state index in [-0.39, 0.29) is 5.91 Å². The molecule has 1 aromatic carbocycles. The summed E-state index contributed by atoms with van der Waals surface area (Å²) in [6.07, 6.45) is 5.16. The van der Waals surface area contributed by atoms with Gasteiger partial charge in [0.15, 0.2) is 5.69 Å². The zero-order valence-corrected chi connectivity index (χ0v) is 12.8. The summed E-state index contributed by atoms with van der Waals surface area (Å²) in [5, 5.41) is 9.08. The molecule has 2 aromatic heterocycles. The van der Waals surface area contributed by atoms with Crippen LogP contribution in [0.4, 0.5) is 0 Å². The largest absolute Gasteiger partial charge is 0.361 e. The average molecular weight is 346 g/mol. The second kappa shape index (κ2) is 5.53. The summed E-state index contributed by atoms with van der Waals surface area (Å²) in [7, 11) is 1.75. The second-order valence-electron chi connectivity index (χ2n) is 4.49. The molecule has 0 spiro atoms. The van der Waals surface area contributed by atoms with Crippen molar-refractivity contribution in [2.24, 2.45) is 12.1 Å². The number of H-pyrrole nitrogens is 1. The maximum Gasteiger partial charge on any atom is 0.293 e. The molecule has 3 aromatic rings. The Morgan fingerprint density at radius 3 is 3.05 bits per heavy atom. The predicted octanol–water partition coefficient (Wildman–Crippen LogP) is 2.43. The molecule has 0 bridgehead atoms. The molecule has 7 heteroatoms. The number of hydrogen-bond acceptors (Lipinski definition) is 3. The van der Waals surface area contributed by atoms with Crippen LogP contribution in [0.3, 0.4) is 0 Å². The fourth-order valence-electron chi connectivity index (χ4n) is 2.03. The van der Waals surface area contributed by atoms with E-state index in [0.29, 0.717) is 10.2 Å². The molecule has 1 amide bonds. The van der Waals surface area contributed by atoms with Gasteiger partial charge in [0.25, 0.3) is 5.91 Å². The van der Waals surface area contributed by atoms with Gasteiger partial charge in [0, 0.05) is 35.9 Å². The van der Waals surface area contributed by atoms with Gasteiger partial charge in [0.05, 0.1) is 10.7 Å². The molecule has 0 unspecified atom stereocenters. The number of aryl methyl sites for hydroxylation is 1. The van der Waals surface area contributed by atoms with Gasteiger partial charge in [-0.3, -0.25) is 9.48 Å². The van der Waals surface area contributed by atoms with Crippen molar-refractivity contribution in [3.8, 4) is 0 Å². The lowest BCUT2D eigenvalue weighted by molar-refractivity contribution is 0.0948. The third-order valence-corrected chi connectivity index (χ3v) is 3.57. The average Bonchev–Trinajstić information content (AvgIpc) is 3.02. The Labute approximate surface area is 129 Å². The number of nitrogens with zero attached hydrogens (tertiary/aromatic N) is 3. The lowest BCUT2D eigenvalue weighted by Gasteiger charge is -1.96. The van der Waals surface area contributed by atoms with Gasteiger partial charge in [-0.15, -0.1) is 0 Å². The van der Waals surface area contributed by atoms with E-state index in [1.165, 1.54) is 0 Å². The van der Waals surface area contributed by atoms with E-state index in [4.69, 9.17) is 0 Å². The zero-order chi connectivity index (χ0) is 14.8. The molecule has 2 heterocycles. The van der Waals surface area contributed by atoms with E-state index in [0.717, 1.165) is 16.5 Å². The number of fused-ring (bicyclic) bond motifs is 1. The first-order chi connectivity index (χ1) is 10.1. The molecule has 0 saturated carbocycles. The molecule has 21 heavy (non-hydrogen) atoms. The maximum atomic E-state index is 11.9. The van der Waals surface area contributed by atoms with Gasteiger partial charge < -0.3 is 4.98 Å². The molecule has 0 aliphatic heterocycles. The number of hydrogen-bond donors (Lipinski definition) is 2. The Balaban J connectivity index is 1.75. The molecular formula is C14H12BrN5O. The van der Waals surface area contributed by atoms with Crippen LogP contribution in [0.5, 0.6) is 0 Å². The van der Waals surface area contributed by atoms with Crippen molar-refractivity contribution < 1.29 is 4.79 Å². The van der Waals surface area contributed by atoms with Crippen LogP contribution in [-0.4, -0.2) is 26.9 Å². The van der Waals surface area contributed by atoms with Crippen molar-refractivity contribution in [3.05, 3.63) is 52.4 Å². The van der Waals surface area contributed by atoms with Gasteiger partial charge in [0.2, 0.25) is 0 Å². The van der Waals surface area contributed by atoms with Gasteiger partial charge in [-0.25, -0.2) is 5.43 Å². The van der Waals surface area contributed by atoms with Crippen molar-refractivity contribution in [2.45, 2.75) is 0 Å². The number of aromatic nitrogens is 3. The van der Waals surface area contributed by atoms with E-state index in [1.54, 1.807) is 24.1 Å². The van der Waals surface area contributed by atoms with E-state index in [1.807, 2.05) is 30.5 Å². The molecule has 0 aliphatic carbocycles. The molecule has 0 saturated heterocycles. The normalized spacial score (nSPS) is 11.3. The Morgan fingerprint density at radius 1 is 1.48 bits per heavy atom.